The molecule has 0 amide bonds. The van der Waals surface area contributed by atoms with Gasteiger partial charge in [0.2, 0.25) is 0 Å². The first-order chi connectivity index (χ1) is 24.2. The molecule has 0 unspecified atom stereocenters. The van der Waals surface area contributed by atoms with Crippen LogP contribution < -0.4 is 0 Å². The maximum absolute atomic E-state index is 11.5. The second-order valence-corrected chi connectivity index (χ2v) is 15.9. The predicted octanol–water partition coefficient (Wildman–Crippen LogP) is 17.1. The van der Waals surface area contributed by atoms with Crippen LogP contribution in [0.3, 0.4) is 0 Å². The molecule has 49 heavy (non-hydrogen) atoms. The molecule has 0 aliphatic rings. The lowest BCUT2D eigenvalue weighted by atomic mass is 10.0. The van der Waals surface area contributed by atoms with Gasteiger partial charge in [-0.25, -0.2) is 4.79 Å². The molecule has 0 rings (SSSR count). The Morgan fingerprint density at radius 1 is 0.327 bits per heavy atom. The van der Waals surface area contributed by atoms with Gasteiger partial charge in [0.15, 0.2) is 0 Å². The van der Waals surface area contributed by atoms with Crippen molar-refractivity contribution in [2.45, 2.75) is 277 Å². The monoisotopic (exact) mass is 689 g/mol. The SMILES string of the molecule is C=C(CC)C(=O)OCCCCCCCCCCCCCCCCCCCCCCCCCCCCCCCCCCCCCCCCCC. The van der Waals surface area contributed by atoms with Crippen LogP contribution in [0, 0.1) is 0 Å². The fourth-order valence-electron chi connectivity index (χ4n) is 7.30. The van der Waals surface area contributed by atoms with E-state index >= 15 is 0 Å². The van der Waals surface area contributed by atoms with Gasteiger partial charge in [0.1, 0.15) is 0 Å². The zero-order chi connectivity index (χ0) is 35.6. The molecule has 0 saturated heterocycles. The number of hydrogen-bond acceptors (Lipinski definition) is 2. The van der Waals surface area contributed by atoms with E-state index in [2.05, 4.69) is 13.5 Å². The Morgan fingerprint density at radius 2 is 0.510 bits per heavy atom. The Hall–Kier alpha value is -0.790. The Morgan fingerprint density at radius 3 is 0.694 bits per heavy atom. The third kappa shape index (κ3) is 41.5. The summed E-state index contributed by atoms with van der Waals surface area (Å²) in [6.07, 6.45) is 58.2. The van der Waals surface area contributed by atoms with Crippen LogP contribution in [0.5, 0.6) is 0 Å². The lowest BCUT2D eigenvalue weighted by Gasteiger charge is -2.06. The highest BCUT2D eigenvalue weighted by Crippen LogP contribution is 2.18. The van der Waals surface area contributed by atoms with Crippen LogP contribution in [-0.4, -0.2) is 12.6 Å². The summed E-state index contributed by atoms with van der Waals surface area (Å²) in [5.74, 6) is -0.214. The van der Waals surface area contributed by atoms with E-state index in [0.29, 0.717) is 18.6 Å². The van der Waals surface area contributed by atoms with Gasteiger partial charge in [-0.15, -0.1) is 0 Å². The average Bonchev–Trinajstić information content (AvgIpc) is 3.11. The molecule has 0 N–H and O–H groups in total. The highest BCUT2D eigenvalue weighted by atomic mass is 16.5. The van der Waals surface area contributed by atoms with Gasteiger partial charge in [0.25, 0.3) is 0 Å². The molecule has 0 spiro atoms. The van der Waals surface area contributed by atoms with Crippen molar-refractivity contribution in [3.63, 3.8) is 0 Å². The molecule has 0 aromatic rings. The zero-order valence-electron chi connectivity index (χ0n) is 34.2. The summed E-state index contributed by atoms with van der Waals surface area (Å²) >= 11 is 0. The number of rotatable bonds is 43. The minimum absolute atomic E-state index is 0.214. The maximum atomic E-state index is 11.5. The second-order valence-electron chi connectivity index (χ2n) is 15.9. The third-order valence-electron chi connectivity index (χ3n) is 10.9. The highest BCUT2D eigenvalue weighted by Gasteiger charge is 2.05. The first kappa shape index (κ1) is 48.2. The molecule has 0 saturated carbocycles. The molecule has 0 bridgehead atoms. The molecule has 2 heteroatoms. The van der Waals surface area contributed by atoms with Gasteiger partial charge in [-0.3, -0.25) is 0 Å². The lowest BCUT2D eigenvalue weighted by Crippen LogP contribution is -2.07. The van der Waals surface area contributed by atoms with E-state index in [4.69, 9.17) is 4.74 Å². The standard InChI is InChI=1S/C47H92O2/c1-4-6-7-8-9-10-11-12-13-14-15-16-17-18-19-20-21-22-23-24-25-26-27-28-29-30-31-32-33-34-35-36-37-38-39-40-41-42-43-44-45-49-47(48)46(3)5-2/h3-45H2,1-2H3. The van der Waals surface area contributed by atoms with Crippen molar-refractivity contribution in [2.75, 3.05) is 6.61 Å². The van der Waals surface area contributed by atoms with Gasteiger partial charge in [0, 0.05) is 5.57 Å². The molecule has 0 radical (unpaired) electrons. The summed E-state index contributed by atoms with van der Waals surface area (Å²) in [5, 5.41) is 0. The number of unbranched alkanes of at least 4 members (excludes halogenated alkanes) is 39. The van der Waals surface area contributed by atoms with Crippen LogP contribution in [0.1, 0.15) is 277 Å². The molecule has 292 valence electrons. The normalized spacial score (nSPS) is 11.4. The van der Waals surface area contributed by atoms with Crippen LogP contribution in [-0.2, 0) is 9.53 Å². The van der Waals surface area contributed by atoms with Crippen LogP contribution in [0.15, 0.2) is 12.2 Å². The molecule has 0 aliphatic carbocycles. The maximum Gasteiger partial charge on any atom is 0.333 e. The van der Waals surface area contributed by atoms with E-state index in [9.17, 15) is 4.79 Å². The molecular formula is C47H92O2. The highest BCUT2D eigenvalue weighted by molar-refractivity contribution is 5.87. The molecular weight excluding hydrogens is 597 g/mol. The van der Waals surface area contributed by atoms with E-state index in [0.717, 1.165) is 6.42 Å². The van der Waals surface area contributed by atoms with E-state index in [1.807, 2.05) is 6.92 Å². The molecule has 0 atom stereocenters. The number of carbonyl (C=O) groups excluding carboxylic acids is 1. The smallest absolute Gasteiger partial charge is 0.333 e. The van der Waals surface area contributed by atoms with Gasteiger partial charge < -0.3 is 4.74 Å². The van der Waals surface area contributed by atoms with Gasteiger partial charge in [-0.05, 0) is 12.8 Å². The fourth-order valence-corrected chi connectivity index (χ4v) is 7.30. The molecule has 0 aromatic carbocycles. The summed E-state index contributed by atoms with van der Waals surface area (Å²) in [4.78, 5) is 11.5. The van der Waals surface area contributed by atoms with E-state index in [1.54, 1.807) is 0 Å². The van der Waals surface area contributed by atoms with Crippen molar-refractivity contribution in [1.82, 2.24) is 0 Å². The van der Waals surface area contributed by atoms with Crippen molar-refractivity contribution in [2.24, 2.45) is 0 Å². The third-order valence-corrected chi connectivity index (χ3v) is 10.9. The number of ether oxygens (including phenoxy) is 1. The van der Waals surface area contributed by atoms with E-state index in [1.165, 1.54) is 250 Å². The summed E-state index contributed by atoms with van der Waals surface area (Å²) in [5.41, 5.74) is 0.585. The topological polar surface area (TPSA) is 26.3 Å². The van der Waals surface area contributed by atoms with Crippen molar-refractivity contribution in [1.29, 1.82) is 0 Å². The Balaban J connectivity index is 3.08. The first-order valence-corrected chi connectivity index (χ1v) is 23.1. The van der Waals surface area contributed by atoms with Gasteiger partial charge >= 0.3 is 5.97 Å². The summed E-state index contributed by atoms with van der Waals surface area (Å²) < 4.78 is 5.23. The number of hydrogen-bond donors (Lipinski definition) is 0. The average molecular weight is 689 g/mol. The summed E-state index contributed by atoms with van der Waals surface area (Å²) in [7, 11) is 0. The predicted molar refractivity (Wildman–Crippen MR) is 221 cm³/mol. The van der Waals surface area contributed by atoms with E-state index in [-0.39, 0.29) is 5.97 Å². The van der Waals surface area contributed by atoms with Crippen molar-refractivity contribution in [3.8, 4) is 0 Å². The van der Waals surface area contributed by atoms with Gasteiger partial charge in [-0.2, -0.15) is 0 Å². The van der Waals surface area contributed by atoms with Gasteiger partial charge in [-0.1, -0.05) is 271 Å². The van der Waals surface area contributed by atoms with Crippen LogP contribution in [0.4, 0.5) is 0 Å². The number of esters is 1. The van der Waals surface area contributed by atoms with Gasteiger partial charge in [0.05, 0.1) is 6.61 Å². The fraction of sp³-hybridized carbons (Fsp3) is 0.936. The molecule has 2 nitrogen and oxygen atoms in total. The van der Waals surface area contributed by atoms with Crippen LogP contribution in [0.25, 0.3) is 0 Å². The second kappa shape index (κ2) is 43.4. The number of carbonyl (C=O) groups is 1. The summed E-state index contributed by atoms with van der Waals surface area (Å²) in [6.45, 7) is 8.53. The Labute approximate surface area is 310 Å². The lowest BCUT2D eigenvalue weighted by molar-refractivity contribution is -0.139. The van der Waals surface area contributed by atoms with Crippen molar-refractivity contribution in [3.05, 3.63) is 12.2 Å². The van der Waals surface area contributed by atoms with Crippen LogP contribution >= 0.6 is 0 Å². The summed E-state index contributed by atoms with van der Waals surface area (Å²) in [6, 6.07) is 0. The Bertz CT molecular complexity index is 640. The molecule has 0 aromatic heterocycles. The van der Waals surface area contributed by atoms with Crippen LogP contribution in [0.2, 0.25) is 0 Å². The molecule has 0 aliphatic heterocycles. The molecule has 0 heterocycles. The van der Waals surface area contributed by atoms with E-state index < -0.39 is 0 Å². The van der Waals surface area contributed by atoms with Crippen molar-refractivity contribution >= 4 is 5.97 Å². The van der Waals surface area contributed by atoms with Crippen molar-refractivity contribution < 1.29 is 9.53 Å². The Kier molecular flexibility index (Phi) is 42.7. The quantitative estimate of drug-likeness (QED) is 0.0362. The molecule has 0 fully saturated rings. The minimum atomic E-state index is -0.214. The first-order valence-electron chi connectivity index (χ1n) is 23.1. The largest absolute Gasteiger partial charge is 0.462 e. The minimum Gasteiger partial charge on any atom is -0.462 e. The zero-order valence-corrected chi connectivity index (χ0v) is 34.2.